The van der Waals surface area contributed by atoms with E-state index in [2.05, 4.69) is 20.7 Å². The molecule has 1 unspecified atom stereocenters. The molecule has 0 spiro atoms. The molecule has 2 rings (SSSR count). The van der Waals surface area contributed by atoms with Crippen LogP contribution in [0.4, 0.5) is 5.69 Å². The average Bonchev–Trinajstić information content (AvgIpc) is 3.06. The molecular formula is C18H26ClN6O2+. The Morgan fingerprint density at radius 3 is 2.52 bits per heavy atom. The van der Waals surface area contributed by atoms with Crippen LogP contribution >= 0.6 is 11.6 Å². The SMILES string of the molecule is CC[NH+](CC(=O)Nc1cc(Cl)ccc1-n1cncn1)CC(=O)NC(C)(C)C. The van der Waals surface area contributed by atoms with E-state index in [9.17, 15) is 9.59 Å². The summed E-state index contributed by atoms with van der Waals surface area (Å²) in [7, 11) is 0. The Balaban J connectivity index is 2.04. The molecule has 0 aliphatic carbocycles. The summed E-state index contributed by atoms with van der Waals surface area (Å²) in [5.41, 5.74) is 0.896. The van der Waals surface area contributed by atoms with E-state index in [0.29, 0.717) is 22.9 Å². The van der Waals surface area contributed by atoms with Gasteiger partial charge in [-0.2, -0.15) is 5.10 Å². The maximum Gasteiger partial charge on any atom is 0.279 e. The number of carbonyl (C=O) groups is 2. The van der Waals surface area contributed by atoms with Gasteiger partial charge >= 0.3 is 0 Å². The molecule has 0 saturated carbocycles. The zero-order chi connectivity index (χ0) is 20.0. The van der Waals surface area contributed by atoms with Crippen molar-refractivity contribution < 1.29 is 14.5 Å². The number of hydrogen-bond donors (Lipinski definition) is 3. The van der Waals surface area contributed by atoms with Crippen LogP contribution in [0.1, 0.15) is 27.7 Å². The number of quaternary nitrogens is 1. The smallest absolute Gasteiger partial charge is 0.279 e. The van der Waals surface area contributed by atoms with Crippen molar-refractivity contribution in [1.29, 1.82) is 0 Å². The number of anilines is 1. The molecule has 9 heteroatoms. The summed E-state index contributed by atoms with van der Waals surface area (Å²) in [5.74, 6) is -0.294. The number of carbonyl (C=O) groups excluding carboxylic acids is 2. The molecule has 1 heterocycles. The summed E-state index contributed by atoms with van der Waals surface area (Å²) in [4.78, 5) is 29.4. The summed E-state index contributed by atoms with van der Waals surface area (Å²) < 4.78 is 1.55. The van der Waals surface area contributed by atoms with E-state index < -0.39 is 0 Å². The Morgan fingerprint density at radius 2 is 1.93 bits per heavy atom. The molecule has 1 atom stereocenters. The van der Waals surface area contributed by atoms with E-state index in [0.717, 1.165) is 4.90 Å². The Labute approximate surface area is 163 Å². The first kappa shape index (κ1) is 20.9. The number of amides is 2. The molecule has 0 radical (unpaired) electrons. The molecule has 0 aliphatic heterocycles. The first-order chi connectivity index (χ1) is 12.7. The summed E-state index contributed by atoms with van der Waals surface area (Å²) in [6.45, 7) is 8.75. The highest BCUT2D eigenvalue weighted by Gasteiger charge is 2.21. The third-order valence-electron chi connectivity index (χ3n) is 3.73. The van der Waals surface area contributed by atoms with Gasteiger partial charge in [0.15, 0.2) is 13.1 Å². The third kappa shape index (κ3) is 6.65. The monoisotopic (exact) mass is 393 g/mol. The summed E-state index contributed by atoms with van der Waals surface area (Å²) in [6.07, 6.45) is 2.95. The molecule has 2 aromatic rings. The largest absolute Gasteiger partial charge is 0.347 e. The van der Waals surface area contributed by atoms with Gasteiger partial charge in [0.05, 0.1) is 17.9 Å². The van der Waals surface area contributed by atoms with Gasteiger partial charge in [-0.15, -0.1) is 0 Å². The van der Waals surface area contributed by atoms with Crippen molar-refractivity contribution in [3.05, 3.63) is 35.9 Å². The number of nitrogens with one attached hydrogen (secondary N) is 3. The predicted octanol–water partition coefficient (Wildman–Crippen LogP) is 0.679. The van der Waals surface area contributed by atoms with Crippen molar-refractivity contribution in [2.24, 2.45) is 0 Å². The van der Waals surface area contributed by atoms with Crippen LogP contribution in [0.2, 0.25) is 5.02 Å². The van der Waals surface area contributed by atoms with Gasteiger partial charge in [0, 0.05) is 10.6 Å². The molecular weight excluding hydrogens is 368 g/mol. The third-order valence-corrected chi connectivity index (χ3v) is 3.97. The number of likely N-dealkylation sites (N-methyl/N-ethyl adjacent to an activating group) is 1. The number of halogens is 1. The van der Waals surface area contributed by atoms with Crippen LogP contribution in [0.5, 0.6) is 0 Å². The summed E-state index contributed by atoms with van der Waals surface area (Å²) in [5, 5.41) is 10.4. The van der Waals surface area contributed by atoms with E-state index >= 15 is 0 Å². The van der Waals surface area contributed by atoms with E-state index in [4.69, 9.17) is 11.6 Å². The second-order valence-electron chi connectivity index (χ2n) is 7.30. The zero-order valence-electron chi connectivity index (χ0n) is 16.0. The quantitative estimate of drug-likeness (QED) is 0.644. The number of benzene rings is 1. The predicted molar refractivity (Wildman–Crippen MR) is 104 cm³/mol. The molecule has 146 valence electrons. The van der Waals surface area contributed by atoms with Crippen LogP contribution in [0.15, 0.2) is 30.9 Å². The number of aromatic nitrogens is 3. The average molecular weight is 394 g/mol. The Bertz CT molecular complexity index is 786. The minimum Gasteiger partial charge on any atom is -0.347 e. The van der Waals surface area contributed by atoms with Crippen LogP contribution in [0.25, 0.3) is 5.69 Å². The minimum atomic E-state index is -0.300. The van der Waals surface area contributed by atoms with Crippen LogP contribution < -0.4 is 15.5 Å². The maximum atomic E-state index is 12.5. The fraction of sp³-hybridized carbons (Fsp3) is 0.444. The Kier molecular flexibility index (Phi) is 6.92. The van der Waals surface area contributed by atoms with Gasteiger partial charge < -0.3 is 15.5 Å². The van der Waals surface area contributed by atoms with Crippen molar-refractivity contribution >= 4 is 29.1 Å². The molecule has 3 N–H and O–H groups in total. The number of rotatable bonds is 7. The second-order valence-corrected chi connectivity index (χ2v) is 7.74. The molecule has 8 nitrogen and oxygen atoms in total. The topological polar surface area (TPSA) is 93.3 Å². The Morgan fingerprint density at radius 1 is 1.22 bits per heavy atom. The molecule has 0 aliphatic rings. The first-order valence-electron chi connectivity index (χ1n) is 8.77. The van der Waals surface area contributed by atoms with Gasteiger partial charge in [0.1, 0.15) is 12.7 Å². The standard InChI is InChI=1S/C18H25ClN6O2/c1-5-24(10-17(27)23-18(2,3)4)9-16(26)22-14-8-13(19)6-7-15(14)25-12-20-11-21-25/h6-8,11-12H,5,9-10H2,1-4H3,(H,22,26)(H,23,27)/p+1. The highest BCUT2D eigenvalue weighted by molar-refractivity contribution is 6.31. The summed E-state index contributed by atoms with van der Waals surface area (Å²) in [6, 6.07) is 5.14. The van der Waals surface area contributed by atoms with Crippen LogP contribution in [0, 0.1) is 0 Å². The van der Waals surface area contributed by atoms with E-state index in [1.807, 2.05) is 27.7 Å². The van der Waals surface area contributed by atoms with Crippen LogP contribution in [-0.4, -0.2) is 51.8 Å². The van der Waals surface area contributed by atoms with Gasteiger partial charge in [-0.1, -0.05) is 11.6 Å². The van der Waals surface area contributed by atoms with Crippen LogP contribution in [0.3, 0.4) is 0 Å². The van der Waals surface area contributed by atoms with E-state index in [1.54, 1.807) is 29.2 Å². The van der Waals surface area contributed by atoms with Gasteiger partial charge in [-0.3, -0.25) is 9.59 Å². The molecule has 27 heavy (non-hydrogen) atoms. The van der Waals surface area contributed by atoms with Gasteiger partial charge in [0.25, 0.3) is 11.8 Å². The van der Waals surface area contributed by atoms with Crippen molar-refractivity contribution in [3.63, 3.8) is 0 Å². The molecule has 1 aromatic carbocycles. The number of nitrogens with zero attached hydrogens (tertiary/aromatic N) is 3. The van der Waals surface area contributed by atoms with Gasteiger partial charge in [-0.05, 0) is 45.9 Å². The zero-order valence-corrected chi connectivity index (χ0v) is 16.8. The summed E-state index contributed by atoms with van der Waals surface area (Å²) >= 11 is 6.07. The fourth-order valence-corrected chi connectivity index (χ4v) is 2.74. The molecule has 2 amide bonds. The minimum absolute atomic E-state index is 0.0850. The number of hydrogen-bond acceptors (Lipinski definition) is 4. The fourth-order valence-electron chi connectivity index (χ4n) is 2.56. The van der Waals surface area contributed by atoms with E-state index in [1.165, 1.54) is 6.33 Å². The Hall–Kier alpha value is -2.45. The van der Waals surface area contributed by atoms with Crippen LogP contribution in [-0.2, 0) is 9.59 Å². The maximum absolute atomic E-state index is 12.5. The second kappa shape index (κ2) is 8.96. The first-order valence-corrected chi connectivity index (χ1v) is 9.14. The molecule has 1 aromatic heterocycles. The highest BCUT2D eigenvalue weighted by Crippen LogP contribution is 2.23. The van der Waals surface area contributed by atoms with Crippen molar-refractivity contribution in [2.45, 2.75) is 33.2 Å². The van der Waals surface area contributed by atoms with E-state index in [-0.39, 0.29) is 30.4 Å². The molecule has 0 saturated heterocycles. The highest BCUT2D eigenvalue weighted by atomic mass is 35.5. The van der Waals surface area contributed by atoms with Crippen molar-refractivity contribution in [2.75, 3.05) is 25.0 Å². The lowest BCUT2D eigenvalue weighted by atomic mass is 10.1. The molecule has 0 bridgehead atoms. The van der Waals surface area contributed by atoms with Crippen molar-refractivity contribution in [3.8, 4) is 5.69 Å². The lowest BCUT2D eigenvalue weighted by molar-refractivity contribution is -0.881. The molecule has 0 fully saturated rings. The lowest BCUT2D eigenvalue weighted by Gasteiger charge is -2.23. The lowest BCUT2D eigenvalue weighted by Crippen LogP contribution is -3.14. The van der Waals surface area contributed by atoms with Gasteiger partial charge in [-0.25, -0.2) is 9.67 Å². The van der Waals surface area contributed by atoms with Crippen molar-refractivity contribution in [1.82, 2.24) is 20.1 Å². The van der Waals surface area contributed by atoms with Gasteiger partial charge in [0.2, 0.25) is 0 Å². The normalized spacial score (nSPS) is 12.5.